The van der Waals surface area contributed by atoms with Crippen LogP contribution in [-0.4, -0.2) is 16.1 Å². The zero-order chi connectivity index (χ0) is 13.5. The zero-order valence-electron chi connectivity index (χ0n) is 12.2. The molecule has 0 unspecified atom stereocenters. The van der Waals surface area contributed by atoms with E-state index >= 15 is 0 Å². The number of hydrogen-bond donors (Lipinski definition) is 1. The second-order valence-corrected chi connectivity index (χ2v) is 5.05. The highest BCUT2D eigenvalue weighted by atomic mass is 15.1. The van der Waals surface area contributed by atoms with Crippen molar-refractivity contribution in [2.24, 2.45) is 0 Å². The van der Waals surface area contributed by atoms with Gasteiger partial charge in [-0.05, 0) is 31.5 Å². The number of para-hydroxylation sites is 2. The Bertz CT molecular complexity index is 502. The molecular weight excluding hydrogens is 234 g/mol. The van der Waals surface area contributed by atoms with E-state index in [0.29, 0.717) is 0 Å². The van der Waals surface area contributed by atoms with E-state index in [1.807, 2.05) is 0 Å². The van der Waals surface area contributed by atoms with E-state index in [0.717, 1.165) is 25.2 Å². The number of imidazole rings is 1. The summed E-state index contributed by atoms with van der Waals surface area (Å²) in [5.41, 5.74) is 2.38. The third kappa shape index (κ3) is 3.57. The Labute approximate surface area is 116 Å². The predicted molar refractivity (Wildman–Crippen MR) is 81.3 cm³/mol. The first-order valence-corrected chi connectivity index (χ1v) is 7.51. The Kier molecular flexibility index (Phi) is 5.40. The maximum atomic E-state index is 4.76. The third-order valence-electron chi connectivity index (χ3n) is 3.46. The first-order valence-electron chi connectivity index (χ1n) is 7.51. The van der Waals surface area contributed by atoms with Crippen LogP contribution in [0, 0.1) is 0 Å². The van der Waals surface area contributed by atoms with E-state index in [9.17, 15) is 0 Å². The number of nitrogens with one attached hydrogen (secondary N) is 1. The first kappa shape index (κ1) is 14.1. The summed E-state index contributed by atoms with van der Waals surface area (Å²) < 4.78 is 2.37. The Morgan fingerprint density at radius 2 is 1.89 bits per heavy atom. The van der Waals surface area contributed by atoms with Crippen LogP contribution in [0.15, 0.2) is 24.3 Å². The largest absolute Gasteiger partial charge is 0.327 e. The van der Waals surface area contributed by atoms with Crippen LogP contribution < -0.4 is 5.32 Å². The van der Waals surface area contributed by atoms with E-state index in [4.69, 9.17) is 4.98 Å². The van der Waals surface area contributed by atoms with Gasteiger partial charge in [0.15, 0.2) is 0 Å². The van der Waals surface area contributed by atoms with Crippen LogP contribution >= 0.6 is 0 Å². The molecule has 0 aliphatic carbocycles. The molecule has 0 saturated heterocycles. The highest BCUT2D eigenvalue weighted by molar-refractivity contribution is 5.75. The summed E-state index contributed by atoms with van der Waals surface area (Å²) in [6.45, 7) is 7.48. The summed E-state index contributed by atoms with van der Waals surface area (Å²) in [5.74, 6) is 1.17. The van der Waals surface area contributed by atoms with Crippen LogP contribution in [0.1, 0.15) is 45.4 Å². The molecule has 1 aromatic carbocycles. The van der Waals surface area contributed by atoms with Gasteiger partial charge in [0, 0.05) is 6.54 Å². The molecule has 2 rings (SSSR count). The van der Waals surface area contributed by atoms with Gasteiger partial charge in [-0.3, -0.25) is 0 Å². The van der Waals surface area contributed by atoms with Crippen molar-refractivity contribution in [2.75, 3.05) is 6.54 Å². The smallest absolute Gasteiger partial charge is 0.123 e. The predicted octanol–water partition coefficient (Wildman–Crippen LogP) is 3.73. The van der Waals surface area contributed by atoms with Gasteiger partial charge < -0.3 is 9.88 Å². The lowest BCUT2D eigenvalue weighted by Crippen LogP contribution is -2.18. The maximum absolute atomic E-state index is 4.76. The lowest BCUT2D eigenvalue weighted by molar-refractivity contribution is 0.570. The topological polar surface area (TPSA) is 29.9 Å². The normalized spacial score (nSPS) is 11.3. The molecule has 0 radical (unpaired) electrons. The molecule has 1 N–H and O–H groups in total. The fourth-order valence-electron chi connectivity index (χ4n) is 2.33. The molecule has 0 bridgehead atoms. The molecule has 0 spiro atoms. The van der Waals surface area contributed by atoms with Gasteiger partial charge in [-0.2, -0.15) is 0 Å². The van der Waals surface area contributed by atoms with E-state index < -0.39 is 0 Å². The van der Waals surface area contributed by atoms with Gasteiger partial charge in [-0.25, -0.2) is 4.98 Å². The summed E-state index contributed by atoms with van der Waals surface area (Å²) in [6.07, 6.45) is 4.89. The average Bonchev–Trinajstić information content (AvgIpc) is 2.79. The number of aryl methyl sites for hydroxylation is 1. The molecule has 2 aromatic rings. The van der Waals surface area contributed by atoms with Gasteiger partial charge in [0.1, 0.15) is 5.82 Å². The van der Waals surface area contributed by atoms with Crippen molar-refractivity contribution in [3.63, 3.8) is 0 Å². The van der Waals surface area contributed by atoms with Crippen molar-refractivity contribution in [1.82, 2.24) is 14.9 Å². The molecule has 104 valence electrons. The quantitative estimate of drug-likeness (QED) is 0.732. The molecular formula is C16H25N3. The summed E-state index contributed by atoms with van der Waals surface area (Å²) in [6, 6.07) is 8.44. The minimum Gasteiger partial charge on any atom is -0.327 e. The monoisotopic (exact) mass is 259 g/mol. The number of rotatable bonds is 8. The average molecular weight is 259 g/mol. The van der Waals surface area contributed by atoms with Crippen LogP contribution in [0.2, 0.25) is 0 Å². The van der Waals surface area contributed by atoms with Gasteiger partial charge in [-0.1, -0.05) is 38.8 Å². The summed E-state index contributed by atoms with van der Waals surface area (Å²) in [4.78, 5) is 4.76. The van der Waals surface area contributed by atoms with Crippen molar-refractivity contribution in [2.45, 2.75) is 52.6 Å². The Morgan fingerprint density at radius 3 is 2.68 bits per heavy atom. The second kappa shape index (κ2) is 7.29. The molecule has 3 nitrogen and oxygen atoms in total. The number of hydrogen-bond acceptors (Lipinski definition) is 2. The Hall–Kier alpha value is -1.35. The molecule has 0 aliphatic rings. The number of fused-ring (bicyclic) bond motifs is 1. The van der Waals surface area contributed by atoms with Gasteiger partial charge in [0.2, 0.25) is 0 Å². The van der Waals surface area contributed by atoms with Crippen molar-refractivity contribution >= 4 is 11.0 Å². The first-order chi connectivity index (χ1) is 9.36. The van der Waals surface area contributed by atoms with E-state index in [1.54, 1.807) is 0 Å². The van der Waals surface area contributed by atoms with Crippen molar-refractivity contribution in [3.8, 4) is 0 Å². The molecule has 0 fully saturated rings. The van der Waals surface area contributed by atoms with Crippen LogP contribution in [0.3, 0.4) is 0 Å². The van der Waals surface area contributed by atoms with Crippen LogP contribution in [0.25, 0.3) is 11.0 Å². The molecule has 0 atom stereocenters. The molecule has 0 aliphatic heterocycles. The molecule has 0 saturated carbocycles. The highest BCUT2D eigenvalue weighted by Gasteiger charge is 2.09. The summed E-state index contributed by atoms with van der Waals surface area (Å²) in [5, 5.41) is 3.50. The molecule has 1 heterocycles. The van der Waals surface area contributed by atoms with Crippen molar-refractivity contribution in [3.05, 3.63) is 30.1 Å². The van der Waals surface area contributed by atoms with Gasteiger partial charge >= 0.3 is 0 Å². The van der Waals surface area contributed by atoms with Crippen LogP contribution in [0.5, 0.6) is 0 Å². The lowest BCUT2D eigenvalue weighted by Gasteiger charge is -2.09. The maximum Gasteiger partial charge on any atom is 0.123 e. The van der Waals surface area contributed by atoms with Crippen LogP contribution in [-0.2, 0) is 13.1 Å². The lowest BCUT2D eigenvalue weighted by atomic mass is 10.3. The van der Waals surface area contributed by atoms with E-state index in [-0.39, 0.29) is 0 Å². The van der Waals surface area contributed by atoms with Gasteiger partial charge in [0.25, 0.3) is 0 Å². The Morgan fingerprint density at radius 1 is 1.11 bits per heavy atom. The minimum absolute atomic E-state index is 0.873. The fraction of sp³-hybridized carbons (Fsp3) is 0.562. The molecule has 3 heteroatoms. The van der Waals surface area contributed by atoms with Crippen molar-refractivity contribution in [1.29, 1.82) is 0 Å². The number of benzene rings is 1. The number of nitrogens with zero attached hydrogens (tertiary/aromatic N) is 2. The molecule has 19 heavy (non-hydrogen) atoms. The standard InChI is InChI=1S/C16H25N3/c1-3-5-11-17-13-16-18-14-9-7-8-10-15(14)19(16)12-6-4-2/h7-10,17H,3-6,11-13H2,1-2H3. The summed E-state index contributed by atoms with van der Waals surface area (Å²) >= 11 is 0. The number of unbranched alkanes of at least 4 members (excludes halogenated alkanes) is 2. The molecule has 1 aromatic heterocycles. The SMILES string of the molecule is CCCCNCc1nc2ccccc2n1CCCC. The minimum atomic E-state index is 0.873. The zero-order valence-corrected chi connectivity index (χ0v) is 12.2. The van der Waals surface area contributed by atoms with Gasteiger partial charge in [0.05, 0.1) is 17.6 Å². The van der Waals surface area contributed by atoms with E-state index in [1.165, 1.54) is 37.0 Å². The summed E-state index contributed by atoms with van der Waals surface area (Å²) in [7, 11) is 0. The van der Waals surface area contributed by atoms with Crippen LogP contribution in [0.4, 0.5) is 0 Å². The highest BCUT2D eigenvalue weighted by Crippen LogP contribution is 2.16. The fourth-order valence-corrected chi connectivity index (χ4v) is 2.33. The van der Waals surface area contributed by atoms with Gasteiger partial charge in [-0.15, -0.1) is 0 Å². The van der Waals surface area contributed by atoms with Crippen molar-refractivity contribution < 1.29 is 0 Å². The molecule has 0 amide bonds. The van der Waals surface area contributed by atoms with E-state index in [2.05, 4.69) is 48.0 Å². The Balaban J connectivity index is 2.15. The number of aromatic nitrogens is 2. The second-order valence-electron chi connectivity index (χ2n) is 5.05. The third-order valence-corrected chi connectivity index (χ3v) is 3.46.